The molecule has 1 aliphatic carbocycles. The van der Waals surface area contributed by atoms with Gasteiger partial charge in [-0.1, -0.05) is 62.4 Å². The van der Waals surface area contributed by atoms with Gasteiger partial charge in [0.25, 0.3) is 0 Å². The van der Waals surface area contributed by atoms with Crippen LogP contribution in [0, 0.1) is 0 Å². The Balaban J connectivity index is 2.31. The lowest BCUT2D eigenvalue weighted by Crippen LogP contribution is -2.04. The van der Waals surface area contributed by atoms with Crippen molar-refractivity contribution in [2.24, 2.45) is 0 Å². The Labute approximate surface area is 107 Å². The van der Waals surface area contributed by atoms with E-state index in [1.807, 2.05) is 36.4 Å². The van der Waals surface area contributed by atoms with E-state index in [1.54, 1.807) is 0 Å². The van der Waals surface area contributed by atoms with E-state index in [9.17, 15) is 4.79 Å². The molecule has 90 valence electrons. The molecule has 1 nitrogen and oxygen atoms in total. The predicted octanol–water partition coefficient (Wildman–Crippen LogP) is 4.14. The molecule has 2 atom stereocenters. The van der Waals surface area contributed by atoms with E-state index in [0.717, 1.165) is 11.1 Å². The van der Waals surface area contributed by atoms with Crippen LogP contribution in [0.4, 0.5) is 0 Å². The molecule has 0 bridgehead atoms. The first-order valence-corrected chi connectivity index (χ1v) is 6.42. The fourth-order valence-corrected chi connectivity index (χ4v) is 2.89. The Morgan fingerprint density at radius 1 is 0.722 bits per heavy atom. The smallest absolute Gasteiger partial charge is 0.193 e. The maximum Gasteiger partial charge on any atom is 0.193 e. The van der Waals surface area contributed by atoms with E-state index < -0.39 is 0 Å². The topological polar surface area (TPSA) is 17.1 Å². The molecule has 1 aliphatic rings. The summed E-state index contributed by atoms with van der Waals surface area (Å²) in [7, 11) is 0. The maximum absolute atomic E-state index is 12.6. The molecule has 0 saturated heterocycles. The third kappa shape index (κ3) is 1.51. The van der Waals surface area contributed by atoms with Gasteiger partial charge in [-0.3, -0.25) is 4.79 Å². The summed E-state index contributed by atoms with van der Waals surface area (Å²) in [5, 5.41) is 0. The maximum atomic E-state index is 12.6. The van der Waals surface area contributed by atoms with Gasteiger partial charge in [-0.25, -0.2) is 0 Å². The highest BCUT2D eigenvalue weighted by molar-refractivity contribution is 6.11. The van der Waals surface area contributed by atoms with Crippen LogP contribution in [-0.4, -0.2) is 5.78 Å². The SMILES string of the molecule is CC1c2ccccc2C(=O)c2ccccc2C1C. The molecule has 0 aromatic heterocycles. The summed E-state index contributed by atoms with van der Waals surface area (Å²) in [6, 6.07) is 16.0. The average Bonchev–Trinajstić information content (AvgIpc) is 2.51. The Morgan fingerprint density at radius 3 is 1.56 bits per heavy atom. The third-order valence-corrected chi connectivity index (χ3v) is 4.14. The zero-order valence-electron chi connectivity index (χ0n) is 10.7. The number of benzene rings is 2. The van der Waals surface area contributed by atoms with E-state index in [1.165, 1.54) is 11.1 Å². The number of fused-ring (bicyclic) bond motifs is 2. The molecule has 0 aliphatic heterocycles. The van der Waals surface area contributed by atoms with Crippen molar-refractivity contribution in [1.82, 2.24) is 0 Å². The van der Waals surface area contributed by atoms with Gasteiger partial charge in [0.2, 0.25) is 0 Å². The highest BCUT2D eigenvalue weighted by atomic mass is 16.1. The monoisotopic (exact) mass is 236 g/mol. The molecule has 0 amide bonds. The van der Waals surface area contributed by atoms with Crippen molar-refractivity contribution in [2.75, 3.05) is 0 Å². The molecule has 1 heteroatoms. The molecule has 0 fully saturated rings. The molecule has 0 spiro atoms. The van der Waals surface area contributed by atoms with Crippen LogP contribution in [0.15, 0.2) is 48.5 Å². The summed E-state index contributed by atoms with van der Waals surface area (Å²) in [5.41, 5.74) is 4.07. The molecule has 0 heterocycles. The Hall–Kier alpha value is -1.89. The number of rotatable bonds is 0. The van der Waals surface area contributed by atoms with Crippen molar-refractivity contribution in [1.29, 1.82) is 0 Å². The fraction of sp³-hybridized carbons (Fsp3) is 0.235. The lowest BCUT2D eigenvalue weighted by atomic mass is 9.84. The average molecular weight is 236 g/mol. The number of ketones is 1. The van der Waals surface area contributed by atoms with Crippen molar-refractivity contribution in [3.8, 4) is 0 Å². The first kappa shape index (κ1) is 11.2. The summed E-state index contributed by atoms with van der Waals surface area (Å²) in [6.07, 6.45) is 0. The van der Waals surface area contributed by atoms with Crippen LogP contribution >= 0.6 is 0 Å². The summed E-state index contributed by atoms with van der Waals surface area (Å²) in [5.74, 6) is 0.903. The van der Waals surface area contributed by atoms with Crippen LogP contribution in [0.3, 0.4) is 0 Å². The zero-order valence-corrected chi connectivity index (χ0v) is 10.7. The summed E-state index contributed by atoms with van der Waals surface area (Å²) >= 11 is 0. The van der Waals surface area contributed by atoms with Crippen molar-refractivity contribution in [3.63, 3.8) is 0 Å². The van der Waals surface area contributed by atoms with Crippen LogP contribution in [0.1, 0.15) is 52.7 Å². The molecule has 2 aromatic carbocycles. The minimum atomic E-state index is 0.164. The molecule has 0 saturated carbocycles. The second-order valence-electron chi connectivity index (χ2n) is 5.08. The number of hydrogen-bond donors (Lipinski definition) is 0. The molecule has 0 N–H and O–H groups in total. The largest absolute Gasteiger partial charge is 0.289 e. The lowest BCUT2D eigenvalue weighted by molar-refractivity contribution is 0.103. The van der Waals surface area contributed by atoms with E-state index in [-0.39, 0.29) is 5.78 Å². The number of carbonyl (C=O) groups excluding carboxylic acids is 1. The van der Waals surface area contributed by atoms with Gasteiger partial charge in [0, 0.05) is 11.1 Å². The molecule has 2 aromatic rings. The Kier molecular flexibility index (Phi) is 2.55. The molecular weight excluding hydrogens is 220 g/mol. The molecule has 18 heavy (non-hydrogen) atoms. The predicted molar refractivity (Wildman–Crippen MR) is 73.1 cm³/mol. The quantitative estimate of drug-likeness (QED) is 0.672. The zero-order chi connectivity index (χ0) is 12.7. The highest BCUT2D eigenvalue weighted by Crippen LogP contribution is 2.39. The van der Waals surface area contributed by atoms with Crippen LogP contribution in [0.2, 0.25) is 0 Å². The lowest BCUT2D eigenvalue weighted by Gasteiger charge is -2.19. The van der Waals surface area contributed by atoms with Crippen molar-refractivity contribution >= 4 is 5.78 Å². The summed E-state index contributed by atoms with van der Waals surface area (Å²) in [6.45, 7) is 4.41. The Morgan fingerprint density at radius 2 is 1.11 bits per heavy atom. The first-order valence-electron chi connectivity index (χ1n) is 6.42. The molecular formula is C17H16O. The van der Waals surface area contributed by atoms with Gasteiger partial charge in [-0.15, -0.1) is 0 Å². The summed E-state index contributed by atoms with van der Waals surface area (Å²) in [4.78, 5) is 12.6. The van der Waals surface area contributed by atoms with Gasteiger partial charge in [-0.2, -0.15) is 0 Å². The van der Waals surface area contributed by atoms with Crippen LogP contribution in [0.5, 0.6) is 0 Å². The molecule has 0 radical (unpaired) electrons. The van der Waals surface area contributed by atoms with Crippen molar-refractivity contribution in [3.05, 3.63) is 70.8 Å². The minimum absolute atomic E-state index is 0.164. The van der Waals surface area contributed by atoms with E-state index in [2.05, 4.69) is 26.0 Å². The second kappa shape index (κ2) is 4.09. The van der Waals surface area contributed by atoms with Gasteiger partial charge in [0.15, 0.2) is 5.78 Å². The van der Waals surface area contributed by atoms with Gasteiger partial charge >= 0.3 is 0 Å². The third-order valence-electron chi connectivity index (χ3n) is 4.14. The second-order valence-corrected chi connectivity index (χ2v) is 5.08. The fourth-order valence-electron chi connectivity index (χ4n) is 2.89. The van der Waals surface area contributed by atoms with E-state index in [0.29, 0.717) is 11.8 Å². The summed E-state index contributed by atoms with van der Waals surface area (Å²) < 4.78 is 0. The standard InChI is InChI=1S/C17H16O/c1-11-12(2)14-8-4-6-10-16(14)17(18)15-9-5-3-7-13(11)15/h3-12H,1-2H3. The van der Waals surface area contributed by atoms with Crippen LogP contribution < -0.4 is 0 Å². The normalized spacial score (nSPS) is 22.0. The first-order chi connectivity index (χ1) is 8.70. The molecule has 3 rings (SSSR count). The van der Waals surface area contributed by atoms with Crippen LogP contribution in [0.25, 0.3) is 0 Å². The van der Waals surface area contributed by atoms with E-state index >= 15 is 0 Å². The molecule has 2 unspecified atom stereocenters. The number of hydrogen-bond acceptors (Lipinski definition) is 1. The van der Waals surface area contributed by atoms with Crippen molar-refractivity contribution in [2.45, 2.75) is 25.7 Å². The van der Waals surface area contributed by atoms with Crippen molar-refractivity contribution < 1.29 is 4.79 Å². The van der Waals surface area contributed by atoms with Gasteiger partial charge in [0.05, 0.1) is 0 Å². The Bertz CT molecular complexity index is 559. The number of carbonyl (C=O) groups is 1. The minimum Gasteiger partial charge on any atom is -0.289 e. The van der Waals surface area contributed by atoms with Gasteiger partial charge in [0.1, 0.15) is 0 Å². The van der Waals surface area contributed by atoms with Crippen LogP contribution in [-0.2, 0) is 0 Å². The van der Waals surface area contributed by atoms with Gasteiger partial charge < -0.3 is 0 Å². The van der Waals surface area contributed by atoms with E-state index in [4.69, 9.17) is 0 Å². The highest BCUT2D eigenvalue weighted by Gasteiger charge is 2.29. The van der Waals surface area contributed by atoms with Gasteiger partial charge in [-0.05, 0) is 23.0 Å².